The summed E-state index contributed by atoms with van der Waals surface area (Å²) in [6, 6.07) is 1.62. The third-order valence-corrected chi connectivity index (χ3v) is 2.11. The molecule has 1 rings (SSSR count). The van der Waals surface area contributed by atoms with Crippen molar-refractivity contribution in [1.82, 2.24) is 9.88 Å². The molecule has 1 amide bonds. The zero-order chi connectivity index (χ0) is 11.4. The fourth-order valence-corrected chi connectivity index (χ4v) is 1.30. The first kappa shape index (κ1) is 11.6. The molecule has 1 unspecified atom stereocenters. The first-order valence-corrected chi connectivity index (χ1v) is 4.89. The summed E-state index contributed by atoms with van der Waals surface area (Å²) >= 11 is 0. The average molecular weight is 211 g/mol. The van der Waals surface area contributed by atoms with Crippen molar-refractivity contribution >= 4 is 11.6 Å². The minimum Gasteiger partial charge on any atom is -0.397 e. The summed E-state index contributed by atoms with van der Waals surface area (Å²) in [4.78, 5) is 11.6. The second-order valence-electron chi connectivity index (χ2n) is 3.66. The standard InChI is InChI=1S/C10H17N3O2/c1-7(14)3-4-12-10(15)9-5-8(11)6-13(9)2/h5-7,14H,3-4,11H2,1-2H3,(H,12,15). The molecule has 0 saturated carbocycles. The van der Waals surface area contributed by atoms with Gasteiger partial charge in [-0.15, -0.1) is 0 Å². The van der Waals surface area contributed by atoms with Crippen LogP contribution in [0.3, 0.4) is 0 Å². The normalized spacial score (nSPS) is 12.5. The number of amides is 1. The largest absolute Gasteiger partial charge is 0.397 e. The predicted octanol–water partition coefficient (Wildman–Crippen LogP) is 0.108. The number of aromatic nitrogens is 1. The van der Waals surface area contributed by atoms with Gasteiger partial charge in [-0.25, -0.2) is 0 Å². The Balaban J connectivity index is 2.50. The Morgan fingerprint density at radius 2 is 2.40 bits per heavy atom. The second-order valence-corrected chi connectivity index (χ2v) is 3.66. The molecule has 0 aliphatic rings. The Labute approximate surface area is 88.9 Å². The fraction of sp³-hybridized carbons (Fsp3) is 0.500. The van der Waals surface area contributed by atoms with Crippen molar-refractivity contribution in [3.63, 3.8) is 0 Å². The zero-order valence-electron chi connectivity index (χ0n) is 9.03. The van der Waals surface area contributed by atoms with Gasteiger partial charge in [0.15, 0.2) is 0 Å². The summed E-state index contributed by atoms with van der Waals surface area (Å²) in [5, 5.41) is 11.7. The number of aliphatic hydroxyl groups is 1. The van der Waals surface area contributed by atoms with Crippen molar-refractivity contribution in [2.75, 3.05) is 12.3 Å². The van der Waals surface area contributed by atoms with Crippen LogP contribution in [0.2, 0.25) is 0 Å². The van der Waals surface area contributed by atoms with Gasteiger partial charge in [0.05, 0.1) is 11.8 Å². The molecule has 1 heterocycles. The number of aryl methyl sites for hydroxylation is 1. The smallest absolute Gasteiger partial charge is 0.267 e. The van der Waals surface area contributed by atoms with E-state index in [1.807, 2.05) is 0 Å². The van der Waals surface area contributed by atoms with E-state index in [-0.39, 0.29) is 5.91 Å². The molecule has 0 aliphatic carbocycles. The van der Waals surface area contributed by atoms with Gasteiger partial charge in [0, 0.05) is 19.8 Å². The molecule has 1 aromatic rings. The highest BCUT2D eigenvalue weighted by Gasteiger charge is 2.10. The van der Waals surface area contributed by atoms with Crippen LogP contribution in [0, 0.1) is 0 Å². The lowest BCUT2D eigenvalue weighted by Crippen LogP contribution is -2.27. The van der Waals surface area contributed by atoms with Crippen LogP contribution in [-0.4, -0.2) is 28.2 Å². The molecule has 0 fully saturated rings. The SMILES string of the molecule is CC(O)CCNC(=O)c1cc(N)cn1C. The number of carbonyl (C=O) groups excluding carboxylic acids is 1. The maximum Gasteiger partial charge on any atom is 0.267 e. The lowest BCUT2D eigenvalue weighted by Gasteiger charge is -2.07. The number of aliphatic hydroxyl groups excluding tert-OH is 1. The summed E-state index contributed by atoms with van der Waals surface area (Å²) in [5.74, 6) is -0.171. The monoisotopic (exact) mass is 211 g/mol. The van der Waals surface area contributed by atoms with Crippen LogP contribution in [0.4, 0.5) is 5.69 Å². The van der Waals surface area contributed by atoms with E-state index in [2.05, 4.69) is 5.32 Å². The average Bonchev–Trinajstić information content (AvgIpc) is 2.44. The molecule has 0 saturated heterocycles. The van der Waals surface area contributed by atoms with Gasteiger partial charge in [-0.05, 0) is 19.4 Å². The number of hydrogen-bond donors (Lipinski definition) is 3. The highest BCUT2D eigenvalue weighted by Crippen LogP contribution is 2.08. The van der Waals surface area contributed by atoms with Crippen molar-refractivity contribution in [3.05, 3.63) is 18.0 Å². The first-order chi connectivity index (χ1) is 7.00. The number of hydrogen-bond acceptors (Lipinski definition) is 3. The molecule has 0 radical (unpaired) electrons. The summed E-state index contributed by atoms with van der Waals surface area (Å²) in [6.07, 6.45) is 1.83. The van der Waals surface area contributed by atoms with Crippen molar-refractivity contribution < 1.29 is 9.90 Å². The number of nitrogens with zero attached hydrogens (tertiary/aromatic N) is 1. The molecule has 1 aromatic heterocycles. The second kappa shape index (κ2) is 4.84. The van der Waals surface area contributed by atoms with Crippen molar-refractivity contribution in [2.24, 2.45) is 7.05 Å². The topological polar surface area (TPSA) is 80.3 Å². The zero-order valence-corrected chi connectivity index (χ0v) is 9.03. The maximum absolute atomic E-state index is 11.6. The van der Waals surface area contributed by atoms with E-state index in [0.29, 0.717) is 24.3 Å². The van der Waals surface area contributed by atoms with E-state index in [0.717, 1.165) is 0 Å². The third kappa shape index (κ3) is 3.28. The summed E-state index contributed by atoms with van der Waals surface area (Å²) in [5.41, 5.74) is 6.65. The number of rotatable bonds is 4. The van der Waals surface area contributed by atoms with Crippen LogP contribution in [-0.2, 0) is 7.05 Å². The van der Waals surface area contributed by atoms with Crippen LogP contribution in [0.15, 0.2) is 12.3 Å². The Hall–Kier alpha value is -1.49. The van der Waals surface area contributed by atoms with Gasteiger partial charge in [-0.2, -0.15) is 0 Å². The van der Waals surface area contributed by atoms with Gasteiger partial charge in [0.1, 0.15) is 5.69 Å². The molecular weight excluding hydrogens is 194 g/mol. The number of nitrogens with one attached hydrogen (secondary N) is 1. The van der Waals surface area contributed by atoms with E-state index < -0.39 is 6.10 Å². The highest BCUT2D eigenvalue weighted by atomic mass is 16.3. The van der Waals surface area contributed by atoms with E-state index >= 15 is 0 Å². The van der Waals surface area contributed by atoms with Crippen LogP contribution < -0.4 is 11.1 Å². The number of nitrogens with two attached hydrogens (primary N) is 1. The molecule has 5 heteroatoms. The number of carbonyl (C=O) groups is 1. The lowest BCUT2D eigenvalue weighted by molar-refractivity contribution is 0.0937. The molecule has 5 nitrogen and oxygen atoms in total. The lowest BCUT2D eigenvalue weighted by atomic mass is 10.3. The number of nitrogen functional groups attached to an aromatic ring is 1. The fourth-order valence-electron chi connectivity index (χ4n) is 1.30. The van der Waals surface area contributed by atoms with Crippen LogP contribution in [0.25, 0.3) is 0 Å². The van der Waals surface area contributed by atoms with Gasteiger partial charge in [-0.3, -0.25) is 4.79 Å². The minimum absolute atomic E-state index is 0.171. The summed E-state index contributed by atoms with van der Waals surface area (Å²) in [7, 11) is 1.76. The quantitative estimate of drug-likeness (QED) is 0.661. The third-order valence-electron chi connectivity index (χ3n) is 2.11. The molecule has 0 aromatic carbocycles. The van der Waals surface area contributed by atoms with E-state index in [9.17, 15) is 4.79 Å². The van der Waals surface area contributed by atoms with Crippen LogP contribution in [0.5, 0.6) is 0 Å². The Morgan fingerprint density at radius 1 is 1.73 bits per heavy atom. The van der Waals surface area contributed by atoms with E-state index in [1.165, 1.54) is 0 Å². The van der Waals surface area contributed by atoms with Gasteiger partial charge in [-0.1, -0.05) is 0 Å². The van der Waals surface area contributed by atoms with Crippen molar-refractivity contribution in [2.45, 2.75) is 19.4 Å². The Morgan fingerprint density at radius 3 is 2.87 bits per heavy atom. The number of anilines is 1. The Kier molecular flexibility index (Phi) is 3.74. The summed E-state index contributed by atoms with van der Waals surface area (Å²) < 4.78 is 1.67. The first-order valence-electron chi connectivity index (χ1n) is 4.89. The molecule has 1 atom stereocenters. The summed E-state index contributed by atoms with van der Waals surface area (Å²) in [6.45, 7) is 2.15. The van der Waals surface area contributed by atoms with Crippen LogP contribution >= 0.6 is 0 Å². The molecule has 15 heavy (non-hydrogen) atoms. The van der Waals surface area contributed by atoms with E-state index in [4.69, 9.17) is 10.8 Å². The highest BCUT2D eigenvalue weighted by molar-refractivity contribution is 5.93. The van der Waals surface area contributed by atoms with Gasteiger partial charge in [0.2, 0.25) is 0 Å². The van der Waals surface area contributed by atoms with Crippen molar-refractivity contribution in [3.8, 4) is 0 Å². The minimum atomic E-state index is -0.399. The van der Waals surface area contributed by atoms with Crippen LogP contribution in [0.1, 0.15) is 23.8 Å². The molecule has 84 valence electrons. The van der Waals surface area contributed by atoms with Gasteiger partial charge < -0.3 is 20.7 Å². The molecule has 4 N–H and O–H groups in total. The van der Waals surface area contributed by atoms with Gasteiger partial charge >= 0.3 is 0 Å². The van der Waals surface area contributed by atoms with Gasteiger partial charge in [0.25, 0.3) is 5.91 Å². The Bertz CT molecular complexity index is 344. The molecular formula is C10H17N3O2. The van der Waals surface area contributed by atoms with Crippen molar-refractivity contribution in [1.29, 1.82) is 0 Å². The molecule has 0 bridgehead atoms. The molecule has 0 spiro atoms. The molecule has 0 aliphatic heterocycles. The van der Waals surface area contributed by atoms with E-state index in [1.54, 1.807) is 30.8 Å². The maximum atomic E-state index is 11.6. The predicted molar refractivity (Wildman–Crippen MR) is 58.5 cm³/mol.